The molecule has 33 heavy (non-hydrogen) atoms. The van der Waals surface area contributed by atoms with Gasteiger partial charge < -0.3 is 15.6 Å². The van der Waals surface area contributed by atoms with Crippen molar-refractivity contribution in [2.24, 2.45) is 0 Å². The first-order valence-electron chi connectivity index (χ1n) is 9.58. The lowest BCUT2D eigenvalue weighted by atomic mass is 10.1. The quantitative estimate of drug-likeness (QED) is 0.473. The Bertz CT molecular complexity index is 1150. The zero-order chi connectivity index (χ0) is 24.0. The van der Waals surface area contributed by atoms with Crippen LogP contribution in [-0.4, -0.2) is 46.0 Å². The highest BCUT2D eigenvalue weighted by Gasteiger charge is 2.60. The van der Waals surface area contributed by atoms with E-state index in [2.05, 4.69) is 4.98 Å². The van der Waals surface area contributed by atoms with Crippen molar-refractivity contribution in [3.05, 3.63) is 58.1 Å². The first kappa shape index (κ1) is 23.8. The summed E-state index contributed by atoms with van der Waals surface area (Å²) in [5, 5.41) is 10.0. The van der Waals surface area contributed by atoms with Crippen molar-refractivity contribution in [3.63, 3.8) is 0 Å². The lowest BCUT2D eigenvalue weighted by molar-refractivity contribution is -0.140. The van der Waals surface area contributed by atoms with Crippen LogP contribution in [0.3, 0.4) is 0 Å². The van der Waals surface area contributed by atoms with E-state index in [9.17, 15) is 32.0 Å². The molecule has 180 valence electrons. The minimum Gasteiger partial charge on any atom is -0.384 e. The number of benzene rings is 1. The molecule has 3 N–H and O–H groups in total. The Labute approximate surface area is 183 Å². The largest absolute Gasteiger partial charge is 0.475 e. The molecule has 5 atom stereocenters. The van der Waals surface area contributed by atoms with Crippen LogP contribution < -0.4 is 11.4 Å². The number of alkyl halides is 2. The third kappa shape index (κ3) is 4.67. The van der Waals surface area contributed by atoms with Gasteiger partial charge >= 0.3 is 19.4 Å². The van der Waals surface area contributed by atoms with Crippen molar-refractivity contribution in [1.29, 1.82) is 0 Å². The van der Waals surface area contributed by atoms with Crippen molar-refractivity contribution in [1.82, 2.24) is 9.55 Å². The molecule has 2 aromatic rings. The van der Waals surface area contributed by atoms with Crippen molar-refractivity contribution >= 4 is 13.6 Å². The summed E-state index contributed by atoms with van der Waals surface area (Å²) in [5.74, 6) is -6.35. The van der Waals surface area contributed by atoms with E-state index in [4.69, 9.17) is 24.0 Å². The summed E-state index contributed by atoms with van der Waals surface area (Å²) in [6.07, 6.45) is -6.31. The van der Waals surface area contributed by atoms with Gasteiger partial charge in [-0.1, -0.05) is 6.07 Å². The minimum absolute atomic E-state index is 0.133. The molecule has 10 nitrogen and oxygen atoms in total. The van der Waals surface area contributed by atoms with Gasteiger partial charge in [-0.25, -0.2) is 18.1 Å². The van der Waals surface area contributed by atoms with Crippen molar-refractivity contribution < 1.29 is 45.5 Å². The zero-order valence-electron chi connectivity index (χ0n) is 16.6. The fraction of sp³-hybridized carbons (Fsp3) is 0.444. The monoisotopic (exact) mass is 495 g/mol. The Hall–Kier alpha value is -2.35. The van der Waals surface area contributed by atoms with Crippen LogP contribution in [0.2, 0.25) is 0 Å². The number of hydrogen-bond acceptors (Lipinski definition) is 9. The average Bonchev–Trinajstić information content (AvgIpc) is 2.98. The van der Waals surface area contributed by atoms with Gasteiger partial charge in [0.15, 0.2) is 17.7 Å². The molecule has 3 heterocycles. The van der Waals surface area contributed by atoms with Gasteiger partial charge in [0.1, 0.15) is 11.9 Å². The summed E-state index contributed by atoms with van der Waals surface area (Å²) < 4.78 is 89.5. The Balaban J connectivity index is 1.46. The highest BCUT2D eigenvalue weighted by Crippen LogP contribution is 2.57. The minimum atomic E-state index is -4.34. The van der Waals surface area contributed by atoms with Gasteiger partial charge in [-0.3, -0.25) is 18.1 Å². The van der Waals surface area contributed by atoms with Crippen molar-refractivity contribution in [2.45, 2.75) is 36.9 Å². The SMILES string of the molecule is Nc1ccn([C@@H]2O[C@H](CO[P@]3(=O)OCC[C@H](c4ccc(F)c(F)c4)O3)[C@@H](O)C2(F)F)c(=O)n1. The zero-order valence-corrected chi connectivity index (χ0v) is 17.5. The lowest BCUT2D eigenvalue weighted by Crippen LogP contribution is -2.42. The highest BCUT2D eigenvalue weighted by atomic mass is 31.2. The standard InChI is InChI=1S/C18H18F4N3O7P/c19-10-2-1-9(7-11(10)20)12-4-6-29-33(28,32-12)30-8-13-15(26)18(21,22)16(31-13)25-5-3-14(23)24-17(25)27/h1-3,5,7,12-13,15-16,26H,4,6,8H2,(H2,23,24,27)/t12-,13-,15-,16-,33+/m1/s1. The van der Waals surface area contributed by atoms with Crippen LogP contribution in [0.4, 0.5) is 23.4 Å². The summed E-state index contributed by atoms with van der Waals surface area (Å²) in [6.45, 7) is -1.01. The second kappa shape index (κ2) is 8.78. The fourth-order valence-corrected chi connectivity index (χ4v) is 4.79. The molecule has 2 aliphatic heterocycles. The van der Waals surface area contributed by atoms with Gasteiger partial charge in [-0.05, 0) is 23.8 Å². The summed E-state index contributed by atoms with van der Waals surface area (Å²) in [6, 6.07) is 4.06. The molecule has 2 fully saturated rings. The molecule has 0 amide bonds. The summed E-state index contributed by atoms with van der Waals surface area (Å²) in [4.78, 5) is 15.2. The summed E-state index contributed by atoms with van der Waals surface area (Å²) >= 11 is 0. The Morgan fingerprint density at radius 2 is 2.06 bits per heavy atom. The molecule has 0 aliphatic carbocycles. The number of halogens is 4. The van der Waals surface area contributed by atoms with Gasteiger partial charge in [0.05, 0.1) is 19.3 Å². The second-order valence-corrected chi connectivity index (χ2v) is 8.94. The lowest BCUT2D eigenvalue weighted by Gasteiger charge is -2.29. The number of rotatable bonds is 5. The van der Waals surface area contributed by atoms with Crippen LogP contribution in [0.1, 0.15) is 24.3 Å². The molecular weight excluding hydrogens is 477 g/mol. The van der Waals surface area contributed by atoms with Gasteiger partial charge in [0, 0.05) is 12.6 Å². The normalized spacial score (nSPS) is 31.5. The van der Waals surface area contributed by atoms with Crippen LogP contribution in [-0.2, 0) is 22.9 Å². The molecule has 0 unspecified atom stereocenters. The predicted molar refractivity (Wildman–Crippen MR) is 102 cm³/mol. The molecule has 1 aromatic heterocycles. The van der Waals surface area contributed by atoms with Crippen LogP contribution in [0.5, 0.6) is 0 Å². The first-order valence-corrected chi connectivity index (χ1v) is 11.0. The number of aliphatic hydroxyl groups excluding tert-OH is 1. The maximum atomic E-state index is 14.6. The smallest absolute Gasteiger partial charge is 0.384 e. The molecule has 4 rings (SSSR count). The van der Waals surface area contributed by atoms with Crippen LogP contribution in [0, 0.1) is 11.6 Å². The number of phosphoric acid groups is 1. The average molecular weight is 495 g/mol. The topological polar surface area (TPSA) is 135 Å². The Morgan fingerprint density at radius 1 is 1.30 bits per heavy atom. The van der Waals surface area contributed by atoms with Crippen molar-refractivity contribution in [2.75, 3.05) is 18.9 Å². The Kier molecular flexibility index (Phi) is 6.33. The number of hydrogen-bond donors (Lipinski definition) is 2. The van der Waals surface area contributed by atoms with E-state index in [0.717, 1.165) is 24.4 Å². The number of phosphoric ester groups is 1. The van der Waals surface area contributed by atoms with Crippen LogP contribution in [0.15, 0.2) is 35.3 Å². The molecular formula is C18H18F4N3O7P. The van der Waals surface area contributed by atoms with Gasteiger partial charge in [0.2, 0.25) is 6.23 Å². The van der Waals surface area contributed by atoms with Gasteiger partial charge in [0.25, 0.3) is 0 Å². The third-order valence-corrected chi connectivity index (χ3v) is 6.56. The van der Waals surface area contributed by atoms with Gasteiger partial charge in [-0.2, -0.15) is 13.8 Å². The number of ether oxygens (including phenoxy) is 1. The molecule has 0 bridgehead atoms. The number of nitrogens with zero attached hydrogens (tertiary/aromatic N) is 2. The van der Waals surface area contributed by atoms with E-state index in [0.29, 0.717) is 4.57 Å². The highest BCUT2D eigenvalue weighted by molar-refractivity contribution is 7.48. The Morgan fingerprint density at radius 3 is 2.76 bits per heavy atom. The first-order chi connectivity index (χ1) is 15.5. The molecule has 15 heteroatoms. The number of aliphatic hydroxyl groups is 1. The van der Waals surface area contributed by atoms with E-state index in [1.807, 2.05) is 0 Å². The molecule has 0 spiro atoms. The maximum absolute atomic E-state index is 14.6. The van der Waals surface area contributed by atoms with Crippen LogP contribution >= 0.6 is 7.82 Å². The molecule has 1 aromatic carbocycles. The fourth-order valence-electron chi connectivity index (χ4n) is 3.39. The van der Waals surface area contributed by atoms with E-state index >= 15 is 0 Å². The van der Waals surface area contributed by atoms with E-state index < -0.39 is 62.2 Å². The second-order valence-electron chi connectivity index (χ2n) is 7.32. The summed E-state index contributed by atoms with van der Waals surface area (Å²) in [7, 11) is -4.34. The van der Waals surface area contributed by atoms with Crippen molar-refractivity contribution in [3.8, 4) is 0 Å². The summed E-state index contributed by atoms with van der Waals surface area (Å²) in [5.41, 5.74) is 4.38. The van der Waals surface area contributed by atoms with E-state index in [-0.39, 0.29) is 24.4 Å². The molecule has 2 aliphatic rings. The molecule has 0 saturated carbocycles. The van der Waals surface area contributed by atoms with E-state index in [1.165, 1.54) is 6.07 Å². The maximum Gasteiger partial charge on any atom is 0.475 e. The number of aromatic nitrogens is 2. The number of nitrogen functional groups attached to an aromatic ring is 1. The third-order valence-electron chi connectivity index (χ3n) is 5.08. The molecule has 2 saturated heterocycles. The number of anilines is 1. The predicted octanol–water partition coefficient (Wildman–Crippen LogP) is 2.30. The number of nitrogens with two attached hydrogens (primary N) is 1. The van der Waals surface area contributed by atoms with Crippen LogP contribution in [0.25, 0.3) is 0 Å². The molecule has 0 radical (unpaired) electrons. The van der Waals surface area contributed by atoms with E-state index in [1.54, 1.807) is 0 Å². The van der Waals surface area contributed by atoms with Gasteiger partial charge in [-0.15, -0.1) is 0 Å².